The van der Waals surface area contributed by atoms with Gasteiger partial charge in [0.25, 0.3) is 0 Å². The molecule has 1 aliphatic rings. The molecule has 0 spiro atoms. The first-order chi connectivity index (χ1) is 12.2. The molecule has 1 heterocycles. The van der Waals surface area contributed by atoms with E-state index in [4.69, 9.17) is 4.74 Å². The van der Waals surface area contributed by atoms with Gasteiger partial charge in [0.1, 0.15) is 5.60 Å². The lowest BCUT2D eigenvalue weighted by Crippen LogP contribution is -2.44. The molecule has 1 unspecified atom stereocenters. The minimum Gasteiger partial charge on any atom is -0.444 e. The Labute approximate surface area is 182 Å². The van der Waals surface area contributed by atoms with Crippen LogP contribution in [0.3, 0.4) is 0 Å². The van der Waals surface area contributed by atoms with E-state index in [2.05, 4.69) is 20.5 Å². The summed E-state index contributed by atoms with van der Waals surface area (Å²) in [5, 5.41) is 6.69. The Morgan fingerprint density at radius 2 is 1.78 bits per heavy atom. The largest absolute Gasteiger partial charge is 0.444 e. The van der Waals surface area contributed by atoms with E-state index in [1.165, 1.54) is 32.4 Å². The Morgan fingerprint density at radius 1 is 1.19 bits per heavy atom. The minimum absolute atomic E-state index is 0. The van der Waals surface area contributed by atoms with Crippen molar-refractivity contribution in [3.63, 3.8) is 0 Å². The number of ether oxygens (including phenoxy) is 1. The van der Waals surface area contributed by atoms with Crippen LogP contribution in [0.5, 0.6) is 0 Å². The van der Waals surface area contributed by atoms with Crippen LogP contribution in [0.25, 0.3) is 0 Å². The van der Waals surface area contributed by atoms with Gasteiger partial charge in [-0.25, -0.2) is 4.79 Å². The summed E-state index contributed by atoms with van der Waals surface area (Å²) >= 11 is 0. The zero-order chi connectivity index (χ0) is 19.6. The van der Waals surface area contributed by atoms with E-state index >= 15 is 0 Å². The summed E-state index contributed by atoms with van der Waals surface area (Å²) in [4.78, 5) is 20.5. The van der Waals surface area contributed by atoms with Gasteiger partial charge >= 0.3 is 6.09 Å². The molecule has 1 aliphatic heterocycles. The third-order valence-corrected chi connectivity index (χ3v) is 4.59. The number of likely N-dealkylation sites (tertiary alicyclic amines) is 1. The van der Waals surface area contributed by atoms with E-state index in [0.29, 0.717) is 0 Å². The molecule has 1 fully saturated rings. The lowest BCUT2D eigenvalue weighted by atomic mass is 10.1. The lowest BCUT2D eigenvalue weighted by molar-refractivity contribution is 0.0230. The van der Waals surface area contributed by atoms with Crippen LogP contribution in [0.2, 0.25) is 0 Å². The van der Waals surface area contributed by atoms with Crippen LogP contribution in [0.15, 0.2) is 4.99 Å². The number of nitrogens with one attached hydrogen (secondary N) is 2. The fourth-order valence-electron chi connectivity index (χ4n) is 2.84. The van der Waals surface area contributed by atoms with Crippen molar-refractivity contribution in [1.29, 1.82) is 0 Å². The second-order valence-corrected chi connectivity index (χ2v) is 8.06. The maximum atomic E-state index is 12.1. The molecule has 0 aliphatic carbocycles. The van der Waals surface area contributed by atoms with Crippen molar-refractivity contribution in [1.82, 2.24) is 20.4 Å². The highest BCUT2D eigenvalue weighted by molar-refractivity contribution is 14.0. The molecule has 1 amide bonds. The van der Waals surface area contributed by atoms with E-state index in [1.54, 1.807) is 19.0 Å². The predicted octanol–water partition coefficient (Wildman–Crippen LogP) is 2.90. The molecule has 7 nitrogen and oxygen atoms in total. The molecule has 0 bridgehead atoms. The SMILES string of the molecule is CN=C(NCCC(C)N(C)C(=O)OC(C)(C)C)NCCN1CCCCC1.I. The highest BCUT2D eigenvalue weighted by Crippen LogP contribution is 2.11. The van der Waals surface area contributed by atoms with Crippen LogP contribution in [-0.2, 0) is 4.74 Å². The van der Waals surface area contributed by atoms with E-state index in [0.717, 1.165) is 32.0 Å². The number of aliphatic imine (C=N–C) groups is 1. The van der Waals surface area contributed by atoms with Crippen molar-refractivity contribution in [2.75, 3.05) is 46.8 Å². The van der Waals surface area contributed by atoms with Gasteiger partial charge in [0.05, 0.1) is 0 Å². The molecular formula is C19H40IN5O2. The van der Waals surface area contributed by atoms with Gasteiger partial charge in [-0.1, -0.05) is 6.42 Å². The number of carbonyl (C=O) groups is 1. The molecule has 1 rings (SSSR count). The van der Waals surface area contributed by atoms with E-state index in [9.17, 15) is 4.79 Å². The number of amides is 1. The molecule has 0 aromatic rings. The van der Waals surface area contributed by atoms with E-state index < -0.39 is 5.60 Å². The standard InChI is InChI=1S/C19H39N5O2.HI/c1-16(23(6)18(25)26-19(2,3)4)10-11-21-17(20-5)22-12-15-24-13-8-7-9-14-24;/h16H,7-15H2,1-6H3,(H2,20,21,22);1H. The quantitative estimate of drug-likeness (QED) is 0.322. The number of hydrogen-bond acceptors (Lipinski definition) is 4. The second kappa shape index (κ2) is 13.4. The van der Waals surface area contributed by atoms with Gasteiger partial charge in [0.15, 0.2) is 5.96 Å². The van der Waals surface area contributed by atoms with Crippen LogP contribution >= 0.6 is 24.0 Å². The predicted molar refractivity (Wildman–Crippen MR) is 123 cm³/mol. The normalized spacial score (nSPS) is 16.9. The number of halogens is 1. The zero-order valence-electron chi connectivity index (χ0n) is 18.0. The molecule has 160 valence electrons. The van der Waals surface area contributed by atoms with Crippen LogP contribution < -0.4 is 10.6 Å². The third-order valence-electron chi connectivity index (χ3n) is 4.59. The maximum absolute atomic E-state index is 12.1. The van der Waals surface area contributed by atoms with Crippen LogP contribution in [-0.4, -0.2) is 80.3 Å². The topological polar surface area (TPSA) is 69.2 Å². The minimum atomic E-state index is -0.469. The smallest absolute Gasteiger partial charge is 0.410 e. The highest BCUT2D eigenvalue weighted by Gasteiger charge is 2.22. The summed E-state index contributed by atoms with van der Waals surface area (Å²) in [6, 6.07) is 0.0869. The highest BCUT2D eigenvalue weighted by atomic mass is 127. The average Bonchev–Trinajstić information content (AvgIpc) is 2.59. The number of piperidine rings is 1. The molecule has 0 aromatic carbocycles. The van der Waals surface area contributed by atoms with Crippen molar-refractivity contribution >= 4 is 36.0 Å². The Balaban J connectivity index is 0.00000676. The van der Waals surface area contributed by atoms with Crippen LogP contribution in [0.4, 0.5) is 4.79 Å². The first-order valence-electron chi connectivity index (χ1n) is 9.85. The Bertz CT molecular complexity index is 448. The van der Waals surface area contributed by atoms with Crippen molar-refractivity contribution in [2.24, 2.45) is 4.99 Å². The maximum Gasteiger partial charge on any atom is 0.410 e. The van der Waals surface area contributed by atoms with Crippen molar-refractivity contribution in [3.05, 3.63) is 0 Å². The molecule has 0 radical (unpaired) electrons. The van der Waals surface area contributed by atoms with Gasteiger partial charge in [0.2, 0.25) is 0 Å². The molecule has 27 heavy (non-hydrogen) atoms. The summed E-state index contributed by atoms with van der Waals surface area (Å²) < 4.78 is 5.41. The summed E-state index contributed by atoms with van der Waals surface area (Å²) in [7, 11) is 3.57. The van der Waals surface area contributed by atoms with Crippen LogP contribution in [0.1, 0.15) is 53.4 Å². The zero-order valence-corrected chi connectivity index (χ0v) is 20.3. The van der Waals surface area contributed by atoms with Crippen molar-refractivity contribution in [3.8, 4) is 0 Å². The summed E-state index contributed by atoms with van der Waals surface area (Å²) in [6.07, 6.45) is 4.53. The van der Waals surface area contributed by atoms with Gasteiger partial charge in [-0.05, 0) is 60.0 Å². The Hall–Kier alpha value is -0.770. The van der Waals surface area contributed by atoms with Gasteiger partial charge in [-0.3, -0.25) is 4.99 Å². The van der Waals surface area contributed by atoms with E-state index in [1.807, 2.05) is 27.7 Å². The fourth-order valence-corrected chi connectivity index (χ4v) is 2.84. The number of carbonyl (C=O) groups excluding carboxylic acids is 1. The number of hydrogen-bond donors (Lipinski definition) is 2. The lowest BCUT2D eigenvalue weighted by Gasteiger charge is -2.29. The fraction of sp³-hybridized carbons (Fsp3) is 0.895. The van der Waals surface area contributed by atoms with E-state index in [-0.39, 0.29) is 36.1 Å². The Kier molecular flexibility index (Phi) is 13.0. The third kappa shape index (κ3) is 11.6. The first kappa shape index (κ1) is 26.2. The number of nitrogens with zero attached hydrogens (tertiary/aromatic N) is 3. The molecular weight excluding hydrogens is 457 g/mol. The molecule has 2 N–H and O–H groups in total. The van der Waals surface area contributed by atoms with Gasteiger partial charge in [0, 0.05) is 39.8 Å². The van der Waals surface area contributed by atoms with Crippen LogP contribution in [0, 0.1) is 0 Å². The monoisotopic (exact) mass is 497 g/mol. The average molecular weight is 497 g/mol. The summed E-state index contributed by atoms with van der Waals surface area (Å²) in [6.45, 7) is 12.8. The summed E-state index contributed by atoms with van der Waals surface area (Å²) in [5.41, 5.74) is -0.469. The van der Waals surface area contributed by atoms with Gasteiger partial charge in [-0.2, -0.15) is 0 Å². The number of guanidine groups is 1. The van der Waals surface area contributed by atoms with Crippen molar-refractivity contribution in [2.45, 2.75) is 65.0 Å². The number of rotatable bonds is 7. The molecule has 1 atom stereocenters. The summed E-state index contributed by atoms with van der Waals surface area (Å²) in [5.74, 6) is 0.814. The molecule has 1 saturated heterocycles. The van der Waals surface area contributed by atoms with Gasteiger partial charge < -0.3 is 25.2 Å². The molecule has 8 heteroatoms. The van der Waals surface area contributed by atoms with Gasteiger partial charge in [-0.15, -0.1) is 24.0 Å². The molecule has 0 saturated carbocycles. The Morgan fingerprint density at radius 3 is 2.33 bits per heavy atom. The van der Waals surface area contributed by atoms with Crippen molar-refractivity contribution < 1.29 is 9.53 Å². The first-order valence-corrected chi connectivity index (χ1v) is 9.85. The second-order valence-electron chi connectivity index (χ2n) is 8.06. The molecule has 0 aromatic heterocycles.